The number of aryl methyl sites for hydroxylation is 1. The average molecular weight is 207 g/mol. The highest BCUT2D eigenvalue weighted by Crippen LogP contribution is 2.34. The zero-order valence-corrected chi connectivity index (χ0v) is 7.53. The number of alkyl halides is 3. The molecule has 0 amide bonds. The minimum atomic E-state index is -4.55. The van der Waals surface area contributed by atoms with Crippen molar-refractivity contribution in [2.24, 2.45) is 0 Å². The van der Waals surface area contributed by atoms with Gasteiger partial charge in [0, 0.05) is 11.9 Å². The fourth-order valence-corrected chi connectivity index (χ4v) is 1.16. The van der Waals surface area contributed by atoms with Crippen molar-refractivity contribution < 1.29 is 22.7 Å². The number of H-pyrrole nitrogens is 1. The maximum Gasteiger partial charge on any atom is 0.418 e. The number of carbonyl (C=O) groups is 1. The second-order valence-electron chi connectivity index (χ2n) is 2.69. The molecule has 0 aliphatic heterocycles. The summed E-state index contributed by atoms with van der Waals surface area (Å²) in [5, 5.41) is 0. The van der Waals surface area contributed by atoms with Crippen molar-refractivity contribution in [3.8, 4) is 0 Å². The quantitative estimate of drug-likeness (QED) is 0.716. The number of methoxy groups -OCH3 is 1. The summed E-state index contributed by atoms with van der Waals surface area (Å²) in [4.78, 5) is 13.3. The van der Waals surface area contributed by atoms with Gasteiger partial charge < -0.3 is 9.72 Å². The zero-order valence-electron chi connectivity index (χ0n) is 7.53. The standard InChI is InChI=1S/C8H8F3NO2/c1-4-6(8(9,10)11)5(3-12-4)7(13)14-2/h3,12H,1-2H3. The van der Waals surface area contributed by atoms with Crippen LogP contribution in [-0.2, 0) is 10.9 Å². The van der Waals surface area contributed by atoms with Crippen LogP contribution in [0.5, 0.6) is 0 Å². The number of hydrogen-bond acceptors (Lipinski definition) is 2. The molecule has 14 heavy (non-hydrogen) atoms. The van der Waals surface area contributed by atoms with Crippen LogP contribution >= 0.6 is 0 Å². The molecule has 0 saturated heterocycles. The maximum absolute atomic E-state index is 12.4. The lowest BCUT2D eigenvalue weighted by atomic mass is 10.1. The van der Waals surface area contributed by atoms with E-state index in [1.165, 1.54) is 6.92 Å². The second kappa shape index (κ2) is 3.36. The molecule has 0 atom stereocenters. The molecule has 3 nitrogen and oxygen atoms in total. The lowest BCUT2D eigenvalue weighted by Gasteiger charge is -2.07. The first-order valence-electron chi connectivity index (χ1n) is 3.71. The molecule has 1 rings (SSSR count). The van der Waals surface area contributed by atoms with Crippen LogP contribution in [0.4, 0.5) is 13.2 Å². The van der Waals surface area contributed by atoms with Gasteiger partial charge in [0.15, 0.2) is 0 Å². The summed E-state index contributed by atoms with van der Waals surface area (Å²) >= 11 is 0. The van der Waals surface area contributed by atoms with Gasteiger partial charge >= 0.3 is 12.1 Å². The number of halogens is 3. The summed E-state index contributed by atoms with van der Waals surface area (Å²) in [5.41, 5.74) is -1.56. The number of carbonyl (C=O) groups excluding carboxylic acids is 1. The molecule has 0 radical (unpaired) electrons. The van der Waals surface area contributed by atoms with Crippen LogP contribution in [0.15, 0.2) is 6.20 Å². The molecular formula is C8H8F3NO2. The molecule has 1 aromatic heterocycles. The summed E-state index contributed by atoms with van der Waals surface area (Å²) in [6.45, 7) is 1.25. The third-order valence-corrected chi connectivity index (χ3v) is 1.77. The van der Waals surface area contributed by atoms with E-state index in [1.807, 2.05) is 0 Å². The van der Waals surface area contributed by atoms with Gasteiger partial charge in [-0.05, 0) is 6.92 Å². The van der Waals surface area contributed by atoms with Gasteiger partial charge in [0.05, 0.1) is 18.2 Å². The Labute approximate surface area is 77.9 Å². The van der Waals surface area contributed by atoms with Crippen molar-refractivity contribution in [2.75, 3.05) is 7.11 Å². The number of aromatic nitrogens is 1. The molecule has 6 heteroatoms. The van der Waals surface area contributed by atoms with Crippen LogP contribution in [0.25, 0.3) is 0 Å². The molecule has 0 aliphatic rings. The molecule has 0 aliphatic carbocycles. The first-order chi connectivity index (χ1) is 6.38. The molecule has 0 spiro atoms. The summed E-state index contributed by atoms with van der Waals surface area (Å²) in [6, 6.07) is 0. The fourth-order valence-electron chi connectivity index (χ4n) is 1.16. The average Bonchev–Trinajstić information content (AvgIpc) is 2.44. The Morgan fingerprint density at radius 2 is 2.07 bits per heavy atom. The van der Waals surface area contributed by atoms with E-state index in [-0.39, 0.29) is 5.69 Å². The van der Waals surface area contributed by atoms with Crippen molar-refractivity contribution in [2.45, 2.75) is 13.1 Å². The highest BCUT2D eigenvalue weighted by atomic mass is 19.4. The largest absolute Gasteiger partial charge is 0.465 e. The summed E-state index contributed by atoms with van der Waals surface area (Å²) in [7, 11) is 1.03. The Hall–Kier alpha value is -1.46. The van der Waals surface area contributed by atoms with E-state index < -0.39 is 23.3 Å². The minimum Gasteiger partial charge on any atom is -0.465 e. The van der Waals surface area contributed by atoms with Gasteiger partial charge in [-0.15, -0.1) is 0 Å². The van der Waals surface area contributed by atoms with Gasteiger partial charge in [-0.2, -0.15) is 13.2 Å². The Morgan fingerprint density at radius 3 is 2.50 bits per heavy atom. The number of rotatable bonds is 1. The van der Waals surface area contributed by atoms with E-state index >= 15 is 0 Å². The topological polar surface area (TPSA) is 42.1 Å². The Bertz CT molecular complexity index is 354. The Morgan fingerprint density at radius 1 is 1.50 bits per heavy atom. The zero-order chi connectivity index (χ0) is 10.9. The molecule has 0 fully saturated rings. The smallest absolute Gasteiger partial charge is 0.418 e. The predicted octanol–water partition coefficient (Wildman–Crippen LogP) is 2.13. The number of hydrogen-bond donors (Lipinski definition) is 1. The molecule has 0 saturated carbocycles. The maximum atomic E-state index is 12.4. The SMILES string of the molecule is COC(=O)c1c[nH]c(C)c1C(F)(F)F. The lowest BCUT2D eigenvalue weighted by molar-refractivity contribution is -0.138. The van der Waals surface area contributed by atoms with Gasteiger partial charge in [0.2, 0.25) is 0 Å². The highest BCUT2D eigenvalue weighted by molar-refractivity contribution is 5.91. The molecule has 1 N–H and O–H groups in total. The minimum absolute atomic E-state index is 0.0992. The van der Waals surface area contributed by atoms with E-state index in [2.05, 4.69) is 9.72 Å². The van der Waals surface area contributed by atoms with Crippen molar-refractivity contribution in [3.05, 3.63) is 23.0 Å². The molecule has 0 bridgehead atoms. The molecule has 78 valence electrons. The highest BCUT2D eigenvalue weighted by Gasteiger charge is 2.38. The second-order valence-corrected chi connectivity index (χ2v) is 2.69. The van der Waals surface area contributed by atoms with Gasteiger partial charge in [-0.3, -0.25) is 0 Å². The van der Waals surface area contributed by atoms with Crippen molar-refractivity contribution >= 4 is 5.97 Å². The summed E-state index contributed by atoms with van der Waals surface area (Å²) in [5.74, 6) is -0.998. The fraction of sp³-hybridized carbons (Fsp3) is 0.375. The van der Waals surface area contributed by atoms with E-state index in [0.29, 0.717) is 0 Å². The van der Waals surface area contributed by atoms with Crippen molar-refractivity contribution in [1.29, 1.82) is 0 Å². The Balaban J connectivity index is 3.27. The van der Waals surface area contributed by atoms with Gasteiger partial charge in [0.1, 0.15) is 0 Å². The normalized spacial score (nSPS) is 11.5. The van der Waals surface area contributed by atoms with Crippen molar-refractivity contribution in [3.63, 3.8) is 0 Å². The summed E-state index contributed by atoms with van der Waals surface area (Å²) < 4.78 is 41.5. The van der Waals surface area contributed by atoms with Crippen LogP contribution in [0.1, 0.15) is 21.6 Å². The van der Waals surface area contributed by atoms with Gasteiger partial charge in [0.25, 0.3) is 0 Å². The molecule has 1 aromatic rings. The van der Waals surface area contributed by atoms with E-state index in [4.69, 9.17) is 0 Å². The number of ether oxygens (including phenoxy) is 1. The first kappa shape index (κ1) is 10.6. The van der Waals surface area contributed by atoms with Crippen LogP contribution in [-0.4, -0.2) is 18.1 Å². The van der Waals surface area contributed by atoms with E-state index in [0.717, 1.165) is 13.3 Å². The Kier molecular flexibility index (Phi) is 2.55. The molecule has 1 heterocycles. The van der Waals surface area contributed by atoms with Crippen LogP contribution in [0, 0.1) is 6.92 Å². The molecular weight excluding hydrogens is 199 g/mol. The molecule has 0 unspecified atom stereocenters. The van der Waals surface area contributed by atoms with Gasteiger partial charge in [-0.1, -0.05) is 0 Å². The van der Waals surface area contributed by atoms with Crippen LogP contribution in [0.2, 0.25) is 0 Å². The van der Waals surface area contributed by atoms with E-state index in [9.17, 15) is 18.0 Å². The van der Waals surface area contributed by atoms with Crippen LogP contribution < -0.4 is 0 Å². The number of aromatic amines is 1. The number of esters is 1. The lowest BCUT2D eigenvalue weighted by Crippen LogP contribution is -2.12. The first-order valence-corrected chi connectivity index (χ1v) is 3.71. The van der Waals surface area contributed by atoms with E-state index in [1.54, 1.807) is 0 Å². The summed E-state index contributed by atoms with van der Waals surface area (Å²) in [6.07, 6.45) is -3.56. The monoisotopic (exact) mass is 207 g/mol. The predicted molar refractivity (Wildman–Crippen MR) is 41.9 cm³/mol. The third-order valence-electron chi connectivity index (χ3n) is 1.77. The van der Waals surface area contributed by atoms with Gasteiger partial charge in [-0.25, -0.2) is 4.79 Å². The third kappa shape index (κ3) is 1.73. The number of nitrogens with one attached hydrogen (secondary N) is 1. The van der Waals surface area contributed by atoms with Crippen LogP contribution in [0.3, 0.4) is 0 Å². The molecule has 0 aromatic carbocycles. The van der Waals surface area contributed by atoms with Crippen molar-refractivity contribution in [1.82, 2.24) is 4.98 Å².